The van der Waals surface area contributed by atoms with Gasteiger partial charge < -0.3 is 20.2 Å². The Bertz CT molecular complexity index is 266. The Morgan fingerprint density at radius 1 is 1.29 bits per heavy atom. The Morgan fingerprint density at radius 3 is 2.29 bits per heavy atom. The molecule has 0 heterocycles. The van der Waals surface area contributed by atoms with Crippen molar-refractivity contribution in [2.75, 3.05) is 26.4 Å². The first kappa shape index (κ1) is 22.3. The SMILES string of the molecule is CCC=N.CCCOCC(C)(C)C(=O)NCCOC(C)C. The Hall–Kier alpha value is -0.940. The van der Waals surface area contributed by atoms with Crippen LogP contribution in [0.3, 0.4) is 0 Å². The third-order valence-corrected chi connectivity index (χ3v) is 2.47. The highest BCUT2D eigenvalue weighted by Gasteiger charge is 2.27. The lowest BCUT2D eigenvalue weighted by Crippen LogP contribution is -2.41. The van der Waals surface area contributed by atoms with Gasteiger partial charge in [0.2, 0.25) is 5.91 Å². The summed E-state index contributed by atoms with van der Waals surface area (Å²) >= 11 is 0. The summed E-state index contributed by atoms with van der Waals surface area (Å²) in [7, 11) is 0. The van der Waals surface area contributed by atoms with Gasteiger partial charge in [0.15, 0.2) is 0 Å². The molecule has 0 aliphatic carbocycles. The van der Waals surface area contributed by atoms with Crippen molar-refractivity contribution < 1.29 is 14.3 Å². The maximum absolute atomic E-state index is 11.9. The monoisotopic (exact) mass is 302 g/mol. The summed E-state index contributed by atoms with van der Waals surface area (Å²) < 4.78 is 10.8. The van der Waals surface area contributed by atoms with E-state index in [1.165, 1.54) is 6.21 Å². The number of nitrogens with one attached hydrogen (secondary N) is 2. The van der Waals surface area contributed by atoms with Crippen LogP contribution in [0, 0.1) is 10.8 Å². The molecule has 2 N–H and O–H groups in total. The fraction of sp³-hybridized carbons (Fsp3) is 0.875. The number of hydrogen-bond donors (Lipinski definition) is 2. The van der Waals surface area contributed by atoms with Crippen molar-refractivity contribution >= 4 is 12.1 Å². The van der Waals surface area contributed by atoms with E-state index in [2.05, 4.69) is 12.2 Å². The molecule has 5 nitrogen and oxygen atoms in total. The van der Waals surface area contributed by atoms with E-state index >= 15 is 0 Å². The second-order valence-corrected chi connectivity index (χ2v) is 5.72. The van der Waals surface area contributed by atoms with Crippen LogP contribution in [0.4, 0.5) is 0 Å². The predicted molar refractivity (Wildman–Crippen MR) is 88.1 cm³/mol. The highest BCUT2D eigenvalue weighted by Crippen LogP contribution is 2.15. The van der Waals surface area contributed by atoms with Crippen molar-refractivity contribution in [3.63, 3.8) is 0 Å². The number of carbonyl (C=O) groups is 1. The van der Waals surface area contributed by atoms with Gasteiger partial charge in [-0.2, -0.15) is 0 Å². The van der Waals surface area contributed by atoms with E-state index in [9.17, 15) is 4.79 Å². The summed E-state index contributed by atoms with van der Waals surface area (Å²) in [5.41, 5.74) is -0.479. The lowest BCUT2D eigenvalue weighted by molar-refractivity contribution is -0.132. The van der Waals surface area contributed by atoms with E-state index in [4.69, 9.17) is 14.9 Å². The second kappa shape index (κ2) is 14.0. The van der Waals surface area contributed by atoms with Gasteiger partial charge in [0, 0.05) is 13.2 Å². The van der Waals surface area contributed by atoms with Crippen molar-refractivity contribution in [1.82, 2.24) is 5.32 Å². The first-order valence-corrected chi connectivity index (χ1v) is 7.78. The summed E-state index contributed by atoms with van der Waals surface area (Å²) in [6, 6.07) is 0. The van der Waals surface area contributed by atoms with Gasteiger partial charge in [-0.3, -0.25) is 4.79 Å². The molecule has 0 aromatic rings. The molecule has 0 fully saturated rings. The molecular weight excluding hydrogens is 268 g/mol. The van der Waals surface area contributed by atoms with E-state index < -0.39 is 5.41 Å². The van der Waals surface area contributed by atoms with Gasteiger partial charge in [0.05, 0.1) is 24.7 Å². The van der Waals surface area contributed by atoms with Gasteiger partial charge in [-0.15, -0.1) is 0 Å². The zero-order chi connectivity index (χ0) is 16.7. The summed E-state index contributed by atoms with van der Waals surface area (Å²) in [6.07, 6.45) is 3.41. The highest BCUT2D eigenvalue weighted by molar-refractivity contribution is 5.81. The fourth-order valence-electron chi connectivity index (χ4n) is 1.24. The van der Waals surface area contributed by atoms with Crippen LogP contribution in [0.2, 0.25) is 0 Å². The number of rotatable bonds is 10. The van der Waals surface area contributed by atoms with E-state index in [1.54, 1.807) is 0 Å². The second-order valence-electron chi connectivity index (χ2n) is 5.72. The van der Waals surface area contributed by atoms with Crippen molar-refractivity contribution in [2.24, 2.45) is 5.41 Å². The molecule has 21 heavy (non-hydrogen) atoms. The van der Waals surface area contributed by atoms with Gasteiger partial charge in [-0.25, -0.2) is 0 Å². The molecule has 0 aromatic carbocycles. The molecule has 126 valence electrons. The summed E-state index contributed by atoms with van der Waals surface area (Å²) in [4.78, 5) is 11.9. The topological polar surface area (TPSA) is 71.4 Å². The molecule has 0 unspecified atom stereocenters. The van der Waals surface area contributed by atoms with Crippen LogP contribution in [0.25, 0.3) is 0 Å². The smallest absolute Gasteiger partial charge is 0.228 e. The van der Waals surface area contributed by atoms with Gasteiger partial charge >= 0.3 is 0 Å². The lowest BCUT2D eigenvalue weighted by atomic mass is 9.93. The molecule has 0 spiro atoms. The minimum absolute atomic E-state index is 0.0148. The van der Waals surface area contributed by atoms with Crippen LogP contribution in [0.5, 0.6) is 0 Å². The molecule has 0 aliphatic rings. The van der Waals surface area contributed by atoms with Crippen LogP contribution in [-0.2, 0) is 14.3 Å². The molecule has 0 atom stereocenters. The molecule has 1 amide bonds. The molecule has 0 radical (unpaired) electrons. The van der Waals surface area contributed by atoms with Crippen LogP contribution in [-0.4, -0.2) is 44.6 Å². The summed E-state index contributed by atoms with van der Waals surface area (Å²) in [6.45, 7) is 14.0. The average Bonchev–Trinajstić information content (AvgIpc) is 2.43. The minimum atomic E-state index is -0.479. The van der Waals surface area contributed by atoms with Crippen molar-refractivity contribution in [2.45, 2.75) is 60.5 Å². The third kappa shape index (κ3) is 15.3. The van der Waals surface area contributed by atoms with Crippen LogP contribution in [0.1, 0.15) is 54.4 Å². The Morgan fingerprint density at radius 2 is 1.86 bits per heavy atom. The number of carbonyl (C=O) groups excluding carboxylic acids is 1. The minimum Gasteiger partial charge on any atom is -0.380 e. The molecule has 0 aromatic heterocycles. The lowest BCUT2D eigenvalue weighted by Gasteiger charge is -2.23. The standard InChI is InChI=1S/C13H27NO3.C3H7N/c1-6-8-16-10-13(4,5)12(15)14-7-9-17-11(2)3;1-2-3-4/h11H,6-10H2,1-5H3,(H,14,15);3-4H,2H2,1H3. The highest BCUT2D eigenvalue weighted by atomic mass is 16.5. The maximum Gasteiger partial charge on any atom is 0.228 e. The predicted octanol–water partition coefficient (Wildman–Crippen LogP) is 3.03. The number of ether oxygens (including phenoxy) is 2. The molecule has 5 heteroatoms. The molecule has 0 bridgehead atoms. The largest absolute Gasteiger partial charge is 0.380 e. The molecule has 0 aliphatic heterocycles. The fourth-order valence-corrected chi connectivity index (χ4v) is 1.24. The van der Waals surface area contributed by atoms with Gasteiger partial charge in [0.1, 0.15) is 0 Å². The van der Waals surface area contributed by atoms with Crippen molar-refractivity contribution in [3.05, 3.63) is 0 Å². The summed E-state index contributed by atoms with van der Waals surface area (Å²) in [5, 5.41) is 9.19. The molecular formula is C16H34N2O3. The molecule has 0 rings (SSSR count). The number of amides is 1. The molecule has 0 saturated heterocycles. The van der Waals surface area contributed by atoms with Gasteiger partial charge in [-0.1, -0.05) is 13.8 Å². The zero-order valence-corrected chi connectivity index (χ0v) is 14.6. The maximum atomic E-state index is 11.9. The van der Waals surface area contributed by atoms with Crippen LogP contribution < -0.4 is 5.32 Å². The number of hydrogen-bond acceptors (Lipinski definition) is 4. The first-order chi connectivity index (χ1) is 9.81. The third-order valence-electron chi connectivity index (χ3n) is 2.47. The van der Waals surface area contributed by atoms with E-state index in [0.29, 0.717) is 26.4 Å². The Balaban J connectivity index is 0. The quantitative estimate of drug-likeness (QED) is 0.481. The zero-order valence-electron chi connectivity index (χ0n) is 14.6. The normalized spacial score (nSPS) is 10.8. The first-order valence-electron chi connectivity index (χ1n) is 7.78. The molecule has 0 saturated carbocycles. The van der Waals surface area contributed by atoms with E-state index in [-0.39, 0.29) is 12.0 Å². The Labute approximate surface area is 130 Å². The van der Waals surface area contributed by atoms with Gasteiger partial charge in [-0.05, 0) is 46.8 Å². The van der Waals surface area contributed by atoms with Crippen molar-refractivity contribution in [1.29, 1.82) is 5.41 Å². The van der Waals surface area contributed by atoms with E-state index in [1.807, 2.05) is 34.6 Å². The van der Waals surface area contributed by atoms with Crippen LogP contribution >= 0.6 is 0 Å². The average molecular weight is 302 g/mol. The van der Waals surface area contributed by atoms with Gasteiger partial charge in [0.25, 0.3) is 0 Å². The Kier molecular flexibility index (Phi) is 14.9. The summed E-state index contributed by atoms with van der Waals surface area (Å²) in [5.74, 6) is 0.0148. The van der Waals surface area contributed by atoms with E-state index in [0.717, 1.165) is 12.8 Å². The van der Waals surface area contributed by atoms with Crippen molar-refractivity contribution in [3.8, 4) is 0 Å². The van der Waals surface area contributed by atoms with Crippen LogP contribution in [0.15, 0.2) is 0 Å².